The summed E-state index contributed by atoms with van der Waals surface area (Å²) in [7, 11) is 0. The molecular weight excluding hydrogens is 253 g/mol. The monoisotopic (exact) mass is 260 g/mol. The molecule has 0 bridgehead atoms. The summed E-state index contributed by atoms with van der Waals surface area (Å²) in [5, 5.41) is 0. The van der Waals surface area contributed by atoms with E-state index in [2.05, 4.69) is 11.6 Å². The number of ether oxygens (including phenoxy) is 1. The molecule has 1 aromatic heterocycles. The smallest absolute Gasteiger partial charge is 0.393 e. The van der Waals surface area contributed by atoms with Crippen LogP contribution in [0.5, 0.6) is 5.88 Å². The number of hydrogen-bond donors (Lipinski definition) is 2. The summed E-state index contributed by atoms with van der Waals surface area (Å²) in [6.07, 6.45) is -4.77. The zero-order valence-corrected chi connectivity index (χ0v) is 8.85. The predicted molar refractivity (Wildman–Crippen MR) is 56.1 cm³/mol. The van der Waals surface area contributed by atoms with Crippen molar-refractivity contribution in [1.29, 1.82) is 0 Å². The van der Waals surface area contributed by atoms with Gasteiger partial charge in [0, 0.05) is 0 Å². The minimum absolute atomic E-state index is 0.0806. The van der Waals surface area contributed by atoms with Crippen LogP contribution in [0.2, 0.25) is 0 Å². The molecule has 0 unspecified atom stereocenters. The van der Waals surface area contributed by atoms with Crippen LogP contribution in [0.25, 0.3) is 5.57 Å². The lowest BCUT2D eigenvalue weighted by Crippen LogP contribution is -2.28. The Morgan fingerprint density at radius 3 is 2.56 bits per heavy atom. The first-order valence-electron chi connectivity index (χ1n) is 4.77. The highest BCUT2D eigenvalue weighted by molar-refractivity contribution is 5.73. The van der Waals surface area contributed by atoms with Gasteiger partial charge in [-0.25, -0.2) is 4.79 Å². The Kier molecular flexibility index (Phi) is 2.64. The molecule has 0 aliphatic carbocycles. The number of H-pyrrole nitrogens is 2. The lowest BCUT2D eigenvalue weighted by molar-refractivity contribution is -0.123. The summed E-state index contributed by atoms with van der Waals surface area (Å²) in [6, 6.07) is 0. The number of rotatable bonds is 1. The topological polar surface area (TPSA) is 75.0 Å². The molecular formula is C10H7F3N2O3. The molecule has 8 heteroatoms. The van der Waals surface area contributed by atoms with Gasteiger partial charge >= 0.3 is 11.9 Å². The van der Waals surface area contributed by atoms with Crippen LogP contribution in [-0.4, -0.2) is 16.1 Å². The van der Waals surface area contributed by atoms with E-state index >= 15 is 0 Å². The largest absolute Gasteiger partial charge is 0.441 e. The fourth-order valence-electron chi connectivity index (χ4n) is 1.62. The second-order valence-electron chi connectivity index (χ2n) is 3.64. The lowest BCUT2D eigenvalue weighted by atomic mass is 10.0. The molecule has 0 amide bonds. The standard InChI is InChI=1S/C10H7F3N2O3/c1-4-2-5(3-10(11,12)13)6-7(16)14-9(17)15-8(6)18-4/h2H,1,3H2,(H2,14,15,16,17). The Hall–Kier alpha value is -2.25. The van der Waals surface area contributed by atoms with Gasteiger partial charge in [0.25, 0.3) is 5.56 Å². The minimum atomic E-state index is -4.48. The maximum Gasteiger partial charge on any atom is 0.393 e. The molecule has 5 nitrogen and oxygen atoms in total. The molecule has 0 fully saturated rings. The van der Waals surface area contributed by atoms with Gasteiger partial charge in [-0.3, -0.25) is 14.8 Å². The van der Waals surface area contributed by atoms with Crippen LogP contribution in [0.3, 0.4) is 0 Å². The van der Waals surface area contributed by atoms with E-state index in [0.29, 0.717) is 0 Å². The molecule has 0 saturated carbocycles. The van der Waals surface area contributed by atoms with Crippen LogP contribution in [0.1, 0.15) is 12.0 Å². The van der Waals surface area contributed by atoms with Crippen molar-refractivity contribution in [2.45, 2.75) is 12.6 Å². The van der Waals surface area contributed by atoms with Crippen molar-refractivity contribution in [1.82, 2.24) is 9.97 Å². The van der Waals surface area contributed by atoms with Gasteiger partial charge < -0.3 is 4.74 Å². The molecule has 0 radical (unpaired) electrons. The maximum absolute atomic E-state index is 12.4. The quantitative estimate of drug-likeness (QED) is 0.799. The number of halogens is 3. The van der Waals surface area contributed by atoms with Gasteiger partial charge in [-0.2, -0.15) is 13.2 Å². The molecule has 2 heterocycles. The van der Waals surface area contributed by atoms with E-state index < -0.39 is 23.8 Å². The molecule has 1 aliphatic rings. The van der Waals surface area contributed by atoms with Crippen LogP contribution in [-0.2, 0) is 0 Å². The van der Waals surface area contributed by atoms with Crippen molar-refractivity contribution >= 4 is 5.57 Å². The Bertz CT molecular complexity index is 652. The average molecular weight is 260 g/mol. The van der Waals surface area contributed by atoms with Gasteiger partial charge in [0.2, 0.25) is 5.88 Å². The third-order valence-corrected chi connectivity index (χ3v) is 2.19. The Balaban J connectivity index is 2.60. The number of aromatic nitrogens is 2. The van der Waals surface area contributed by atoms with E-state index in [0.717, 1.165) is 6.08 Å². The van der Waals surface area contributed by atoms with Crippen LogP contribution < -0.4 is 16.0 Å². The van der Waals surface area contributed by atoms with Crippen LogP contribution in [0.15, 0.2) is 28.0 Å². The first-order valence-corrected chi connectivity index (χ1v) is 4.77. The zero-order valence-electron chi connectivity index (χ0n) is 8.85. The van der Waals surface area contributed by atoms with Crippen molar-refractivity contribution in [2.75, 3.05) is 0 Å². The molecule has 0 saturated heterocycles. The SMILES string of the molecule is C=C1C=C(CC(F)(F)F)c2c([nH]c(=O)[nH]c2=O)O1. The van der Waals surface area contributed by atoms with E-state index in [-0.39, 0.29) is 22.8 Å². The number of nitrogens with one attached hydrogen (secondary N) is 2. The fraction of sp³-hybridized carbons (Fsp3) is 0.200. The van der Waals surface area contributed by atoms with Gasteiger partial charge in [-0.05, 0) is 11.6 Å². The molecule has 0 atom stereocenters. The van der Waals surface area contributed by atoms with E-state index in [1.54, 1.807) is 0 Å². The molecule has 96 valence electrons. The van der Waals surface area contributed by atoms with Crippen LogP contribution in [0.4, 0.5) is 13.2 Å². The van der Waals surface area contributed by atoms with Crippen molar-refractivity contribution < 1.29 is 17.9 Å². The third kappa shape index (κ3) is 2.36. The van der Waals surface area contributed by atoms with Crippen molar-refractivity contribution in [3.8, 4) is 5.88 Å². The highest BCUT2D eigenvalue weighted by Crippen LogP contribution is 2.35. The number of allylic oxidation sites excluding steroid dienone is 2. The molecule has 0 aromatic carbocycles. The summed E-state index contributed by atoms with van der Waals surface area (Å²) in [5.74, 6) is -0.404. The molecule has 0 spiro atoms. The summed E-state index contributed by atoms with van der Waals surface area (Å²) >= 11 is 0. The third-order valence-electron chi connectivity index (χ3n) is 2.19. The second-order valence-corrected chi connectivity index (χ2v) is 3.64. The Labute approximate surface area is 97.6 Å². The average Bonchev–Trinajstić information content (AvgIpc) is 2.11. The molecule has 1 aromatic rings. The Morgan fingerprint density at radius 1 is 1.28 bits per heavy atom. The fourth-order valence-corrected chi connectivity index (χ4v) is 1.62. The second kappa shape index (κ2) is 3.90. The lowest BCUT2D eigenvalue weighted by Gasteiger charge is -2.18. The molecule has 2 N–H and O–H groups in total. The normalized spacial score (nSPS) is 14.8. The first kappa shape index (κ1) is 12.2. The summed E-state index contributed by atoms with van der Waals surface area (Å²) in [6.45, 7) is 3.35. The van der Waals surface area contributed by atoms with Gasteiger partial charge in [0.15, 0.2) is 0 Å². The maximum atomic E-state index is 12.4. The predicted octanol–water partition coefficient (Wildman–Crippen LogP) is 1.31. The van der Waals surface area contributed by atoms with Gasteiger partial charge in [-0.1, -0.05) is 6.58 Å². The van der Waals surface area contributed by atoms with Crippen molar-refractivity contribution in [3.63, 3.8) is 0 Å². The highest BCUT2D eigenvalue weighted by Gasteiger charge is 2.33. The van der Waals surface area contributed by atoms with E-state index in [4.69, 9.17) is 4.74 Å². The zero-order chi connectivity index (χ0) is 13.5. The number of alkyl halides is 3. The van der Waals surface area contributed by atoms with Crippen LogP contribution >= 0.6 is 0 Å². The number of aromatic amines is 2. The van der Waals surface area contributed by atoms with Crippen molar-refractivity contribution in [2.24, 2.45) is 0 Å². The van der Waals surface area contributed by atoms with Gasteiger partial charge in [0.1, 0.15) is 11.3 Å². The molecule has 1 aliphatic heterocycles. The minimum Gasteiger partial charge on any atom is -0.441 e. The first-order chi connectivity index (χ1) is 8.26. The molecule has 18 heavy (non-hydrogen) atoms. The van der Waals surface area contributed by atoms with Crippen LogP contribution in [0, 0.1) is 0 Å². The van der Waals surface area contributed by atoms with Gasteiger partial charge in [-0.15, -0.1) is 0 Å². The highest BCUT2D eigenvalue weighted by atomic mass is 19.4. The molecule has 2 rings (SSSR count). The number of fused-ring (bicyclic) bond motifs is 1. The summed E-state index contributed by atoms with van der Waals surface area (Å²) < 4.78 is 42.1. The van der Waals surface area contributed by atoms with E-state index in [9.17, 15) is 22.8 Å². The number of hydrogen-bond acceptors (Lipinski definition) is 3. The summed E-state index contributed by atoms with van der Waals surface area (Å²) in [4.78, 5) is 26.4. The van der Waals surface area contributed by atoms with E-state index in [1.165, 1.54) is 0 Å². The van der Waals surface area contributed by atoms with E-state index in [1.807, 2.05) is 4.98 Å². The van der Waals surface area contributed by atoms with Gasteiger partial charge in [0.05, 0.1) is 6.42 Å². The van der Waals surface area contributed by atoms with Crippen molar-refractivity contribution in [3.05, 3.63) is 44.8 Å². The Morgan fingerprint density at radius 2 is 1.94 bits per heavy atom. The summed E-state index contributed by atoms with van der Waals surface area (Å²) in [5.41, 5.74) is -2.43.